The molecule has 10 nitrogen and oxygen atoms in total. The van der Waals surface area contributed by atoms with Crippen LogP contribution in [0.15, 0.2) is 36.9 Å². The van der Waals surface area contributed by atoms with Crippen molar-refractivity contribution in [1.29, 1.82) is 0 Å². The standard InChI is InChI=1S/C20H20N8O2S/c1-12(2)28-16-7-18(22-9-15(16)24-19(28)11-29)25-17-5-6-21-20(26-17)13-8-23-27(10-13)31(30)14-3-4-14/h5-12,14H,3-4H2,1-2H3,(H,21,22,25,26). The molecule has 1 atom stereocenters. The summed E-state index contributed by atoms with van der Waals surface area (Å²) in [5.74, 6) is 1.97. The second-order valence-electron chi connectivity index (χ2n) is 7.61. The van der Waals surface area contributed by atoms with Crippen LogP contribution in [0, 0.1) is 0 Å². The first-order valence-corrected chi connectivity index (χ1v) is 11.1. The van der Waals surface area contributed by atoms with Crippen molar-refractivity contribution in [3.8, 4) is 11.4 Å². The number of imidazole rings is 1. The highest BCUT2D eigenvalue weighted by atomic mass is 32.2. The summed E-state index contributed by atoms with van der Waals surface area (Å²) in [6.07, 6.45) is 9.29. The van der Waals surface area contributed by atoms with E-state index < -0.39 is 11.0 Å². The highest BCUT2D eigenvalue weighted by Crippen LogP contribution is 2.28. The number of pyridine rings is 1. The lowest BCUT2D eigenvalue weighted by Crippen LogP contribution is -2.09. The van der Waals surface area contributed by atoms with Crippen LogP contribution >= 0.6 is 0 Å². The fourth-order valence-electron chi connectivity index (χ4n) is 3.35. The minimum Gasteiger partial charge on any atom is -0.325 e. The Kier molecular flexibility index (Phi) is 4.81. The van der Waals surface area contributed by atoms with Crippen LogP contribution < -0.4 is 5.32 Å². The number of aromatic nitrogens is 7. The number of hydrogen-bond donors (Lipinski definition) is 1. The Morgan fingerprint density at radius 3 is 2.77 bits per heavy atom. The average molecular weight is 437 g/mol. The molecule has 1 saturated carbocycles. The van der Waals surface area contributed by atoms with Crippen LogP contribution in [0.3, 0.4) is 0 Å². The maximum atomic E-state index is 12.3. The minimum atomic E-state index is -1.14. The summed E-state index contributed by atoms with van der Waals surface area (Å²) in [6, 6.07) is 3.65. The SMILES string of the molecule is CC(C)n1c(C=O)nc2cnc(Nc3ccnc(-c4cnn(S(=O)C5CC5)c4)n3)cc21. The molecule has 0 aliphatic heterocycles. The Morgan fingerprint density at radius 2 is 2.03 bits per heavy atom. The van der Waals surface area contributed by atoms with Gasteiger partial charge in [0.2, 0.25) is 0 Å². The molecule has 4 aromatic heterocycles. The van der Waals surface area contributed by atoms with E-state index in [1.54, 1.807) is 30.9 Å². The second kappa shape index (κ2) is 7.65. The molecule has 11 heteroatoms. The van der Waals surface area contributed by atoms with Crippen LogP contribution in [0.25, 0.3) is 22.4 Å². The zero-order valence-electron chi connectivity index (χ0n) is 17.0. The molecule has 158 valence electrons. The highest BCUT2D eigenvalue weighted by molar-refractivity contribution is 7.84. The van der Waals surface area contributed by atoms with E-state index in [0.717, 1.165) is 24.6 Å². The predicted octanol–water partition coefficient (Wildman–Crippen LogP) is 2.90. The van der Waals surface area contributed by atoms with Gasteiger partial charge >= 0.3 is 0 Å². The van der Waals surface area contributed by atoms with Crippen LogP contribution in [0.5, 0.6) is 0 Å². The van der Waals surface area contributed by atoms with E-state index in [9.17, 15) is 9.00 Å². The number of nitrogens with zero attached hydrogens (tertiary/aromatic N) is 7. The van der Waals surface area contributed by atoms with Gasteiger partial charge in [0.1, 0.15) is 28.1 Å². The van der Waals surface area contributed by atoms with Gasteiger partial charge in [0.15, 0.2) is 17.9 Å². The first-order chi connectivity index (χ1) is 15.0. The number of anilines is 2. The van der Waals surface area contributed by atoms with Crippen molar-refractivity contribution in [2.24, 2.45) is 0 Å². The van der Waals surface area contributed by atoms with E-state index in [0.29, 0.717) is 34.4 Å². The molecular formula is C20H20N8O2S. The molecule has 1 aliphatic rings. The fourth-order valence-corrected chi connectivity index (χ4v) is 4.55. The number of rotatable bonds is 7. The lowest BCUT2D eigenvalue weighted by atomic mass is 10.3. The third-order valence-corrected chi connectivity index (χ3v) is 6.56. The monoisotopic (exact) mass is 436 g/mol. The molecule has 0 saturated heterocycles. The maximum Gasteiger partial charge on any atom is 0.185 e. The van der Waals surface area contributed by atoms with E-state index in [1.807, 2.05) is 24.5 Å². The van der Waals surface area contributed by atoms with E-state index in [4.69, 9.17) is 0 Å². The van der Waals surface area contributed by atoms with Gasteiger partial charge < -0.3 is 9.88 Å². The van der Waals surface area contributed by atoms with Gasteiger partial charge in [0.25, 0.3) is 0 Å². The van der Waals surface area contributed by atoms with Gasteiger partial charge in [-0.25, -0.2) is 24.1 Å². The Bertz CT molecular complexity index is 1310. The van der Waals surface area contributed by atoms with Crippen molar-refractivity contribution in [3.05, 3.63) is 42.7 Å². The van der Waals surface area contributed by atoms with Gasteiger partial charge in [0, 0.05) is 18.3 Å². The molecule has 5 rings (SSSR count). The van der Waals surface area contributed by atoms with E-state index in [1.165, 1.54) is 4.09 Å². The predicted molar refractivity (Wildman–Crippen MR) is 116 cm³/mol. The Hall–Kier alpha value is -3.47. The highest BCUT2D eigenvalue weighted by Gasteiger charge is 2.30. The average Bonchev–Trinajstić information content (AvgIpc) is 3.37. The van der Waals surface area contributed by atoms with Gasteiger partial charge in [-0.2, -0.15) is 9.19 Å². The van der Waals surface area contributed by atoms with Crippen molar-refractivity contribution < 1.29 is 9.00 Å². The molecule has 0 amide bonds. The number of fused-ring (bicyclic) bond motifs is 1. The van der Waals surface area contributed by atoms with Crippen molar-refractivity contribution >= 4 is 39.9 Å². The van der Waals surface area contributed by atoms with Gasteiger partial charge in [-0.15, -0.1) is 0 Å². The first-order valence-electron chi connectivity index (χ1n) is 9.93. The van der Waals surface area contributed by atoms with Gasteiger partial charge in [0.05, 0.1) is 34.9 Å². The van der Waals surface area contributed by atoms with Crippen molar-refractivity contribution in [2.45, 2.75) is 38.0 Å². The summed E-state index contributed by atoms with van der Waals surface area (Å²) in [5.41, 5.74) is 2.16. The third kappa shape index (κ3) is 3.72. The summed E-state index contributed by atoms with van der Waals surface area (Å²) >= 11 is 0. The quantitative estimate of drug-likeness (QED) is 0.439. The normalized spacial score (nSPS) is 14.8. The largest absolute Gasteiger partial charge is 0.325 e. The number of hydrogen-bond acceptors (Lipinski definition) is 8. The molecule has 1 N–H and O–H groups in total. The third-order valence-electron chi connectivity index (χ3n) is 4.95. The molecule has 0 bridgehead atoms. The summed E-state index contributed by atoms with van der Waals surface area (Å²) < 4.78 is 15.6. The molecule has 0 radical (unpaired) electrons. The van der Waals surface area contributed by atoms with E-state index in [2.05, 4.69) is 30.4 Å². The minimum absolute atomic E-state index is 0.0730. The molecule has 1 unspecified atom stereocenters. The van der Waals surface area contributed by atoms with Crippen LogP contribution in [-0.2, 0) is 11.0 Å². The van der Waals surface area contributed by atoms with Gasteiger partial charge in [-0.3, -0.25) is 4.79 Å². The zero-order chi connectivity index (χ0) is 21.5. The van der Waals surface area contributed by atoms with E-state index >= 15 is 0 Å². The zero-order valence-corrected chi connectivity index (χ0v) is 17.8. The lowest BCUT2D eigenvalue weighted by Gasteiger charge is -2.11. The van der Waals surface area contributed by atoms with Gasteiger partial charge in [-0.1, -0.05) is 0 Å². The van der Waals surface area contributed by atoms with Crippen molar-refractivity contribution in [1.82, 2.24) is 33.7 Å². The summed E-state index contributed by atoms with van der Waals surface area (Å²) in [4.78, 5) is 28.9. The topological polar surface area (TPSA) is 120 Å². The van der Waals surface area contributed by atoms with Crippen LogP contribution in [0.2, 0.25) is 0 Å². The summed E-state index contributed by atoms with van der Waals surface area (Å²) in [7, 11) is -1.14. The van der Waals surface area contributed by atoms with Gasteiger partial charge in [-0.05, 0) is 32.8 Å². The summed E-state index contributed by atoms with van der Waals surface area (Å²) in [5, 5.41) is 7.58. The number of carbonyl (C=O) groups is 1. The molecule has 31 heavy (non-hydrogen) atoms. The Morgan fingerprint density at radius 1 is 1.19 bits per heavy atom. The summed E-state index contributed by atoms with van der Waals surface area (Å²) in [6.45, 7) is 3.99. The number of aldehydes is 1. The second-order valence-corrected chi connectivity index (χ2v) is 9.20. The Labute approximate surface area is 180 Å². The maximum absolute atomic E-state index is 12.3. The van der Waals surface area contributed by atoms with Crippen LogP contribution in [-0.4, -0.2) is 49.4 Å². The van der Waals surface area contributed by atoms with Crippen LogP contribution in [0.1, 0.15) is 43.3 Å². The number of nitrogens with one attached hydrogen (secondary N) is 1. The van der Waals surface area contributed by atoms with E-state index in [-0.39, 0.29) is 11.3 Å². The molecule has 0 aromatic carbocycles. The molecule has 1 fully saturated rings. The molecular weight excluding hydrogens is 416 g/mol. The number of carbonyl (C=O) groups excluding carboxylic acids is 1. The molecule has 4 aromatic rings. The molecule has 4 heterocycles. The Balaban J connectivity index is 1.43. The molecule has 0 spiro atoms. The van der Waals surface area contributed by atoms with Crippen molar-refractivity contribution in [3.63, 3.8) is 0 Å². The molecule has 1 aliphatic carbocycles. The fraction of sp³-hybridized carbons (Fsp3) is 0.300. The van der Waals surface area contributed by atoms with Crippen molar-refractivity contribution in [2.75, 3.05) is 5.32 Å². The first kappa shape index (κ1) is 19.5. The smallest absolute Gasteiger partial charge is 0.185 e. The lowest BCUT2D eigenvalue weighted by molar-refractivity contribution is 0.111. The van der Waals surface area contributed by atoms with Crippen LogP contribution in [0.4, 0.5) is 11.6 Å².